The SMILES string of the molecule is COc1nc(N(C)C)sc1CNC(C)c1nncn1C. The lowest BCUT2D eigenvalue weighted by molar-refractivity contribution is 0.393. The van der Waals surface area contributed by atoms with Crippen LogP contribution in [-0.4, -0.2) is 41.0 Å². The third-order valence-electron chi connectivity index (χ3n) is 2.93. The van der Waals surface area contributed by atoms with E-state index in [1.807, 2.05) is 30.6 Å². The molecule has 0 saturated carbocycles. The molecular formula is C12H20N6OS. The summed E-state index contributed by atoms with van der Waals surface area (Å²) in [6, 6.07) is 0.108. The molecule has 0 fully saturated rings. The van der Waals surface area contributed by atoms with Gasteiger partial charge in [0.15, 0.2) is 5.13 Å². The number of aryl methyl sites for hydroxylation is 1. The van der Waals surface area contributed by atoms with Gasteiger partial charge in [-0.2, -0.15) is 4.98 Å². The number of hydrogen-bond acceptors (Lipinski definition) is 7. The lowest BCUT2D eigenvalue weighted by Gasteiger charge is -2.12. The van der Waals surface area contributed by atoms with E-state index in [1.54, 1.807) is 24.8 Å². The van der Waals surface area contributed by atoms with Crippen LogP contribution in [0, 0.1) is 0 Å². The van der Waals surface area contributed by atoms with Gasteiger partial charge in [0, 0.05) is 27.7 Å². The summed E-state index contributed by atoms with van der Waals surface area (Å²) in [6.07, 6.45) is 1.70. The molecule has 0 aliphatic carbocycles. The molecule has 7 nitrogen and oxygen atoms in total. The lowest BCUT2D eigenvalue weighted by Crippen LogP contribution is -2.20. The third kappa shape index (κ3) is 3.07. The standard InChI is InChI=1S/C12H20N6OS/c1-8(10-16-14-7-18(10)4)13-6-9-11(19-5)15-12(20-9)17(2)3/h7-8,13H,6H2,1-5H3. The number of aromatic nitrogens is 4. The fourth-order valence-corrected chi connectivity index (χ4v) is 2.71. The molecule has 1 unspecified atom stereocenters. The maximum absolute atomic E-state index is 5.32. The average Bonchev–Trinajstić information content (AvgIpc) is 3.01. The monoisotopic (exact) mass is 296 g/mol. The van der Waals surface area contributed by atoms with Crippen LogP contribution in [0.25, 0.3) is 0 Å². The second kappa shape index (κ2) is 6.19. The van der Waals surface area contributed by atoms with Gasteiger partial charge < -0.3 is 19.5 Å². The summed E-state index contributed by atoms with van der Waals surface area (Å²) in [6.45, 7) is 2.74. The van der Waals surface area contributed by atoms with Gasteiger partial charge in [0.1, 0.15) is 12.2 Å². The molecule has 1 atom stereocenters. The molecular weight excluding hydrogens is 276 g/mol. The van der Waals surface area contributed by atoms with Gasteiger partial charge in [0.05, 0.1) is 18.0 Å². The maximum Gasteiger partial charge on any atom is 0.230 e. The molecule has 8 heteroatoms. The number of nitrogens with one attached hydrogen (secondary N) is 1. The highest BCUT2D eigenvalue weighted by Gasteiger charge is 2.16. The van der Waals surface area contributed by atoms with Gasteiger partial charge in [-0.3, -0.25) is 0 Å². The molecule has 0 saturated heterocycles. The van der Waals surface area contributed by atoms with Gasteiger partial charge >= 0.3 is 0 Å². The van der Waals surface area contributed by atoms with Crippen LogP contribution >= 0.6 is 11.3 Å². The largest absolute Gasteiger partial charge is 0.480 e. The van der Waals surface area contributed by atoms with Gasteiger partial charge in [-0.05, 0) is 6.92 Å². The van der Waals surface area contributed by atoms with Crippen molar-refractivity contribution in [2.45, 2.75) is 19.5 Å². The number of anilines is 1. The molecule has 110 valence electrons. The van der Waals surface area contributed by atoms with E-state index in [2.05, 4.69) is 27.4 Å². The Balaban J connectivity index is 2.05. The van der Waals surface area contributed by atoms with Gasteiger partial charge in [-0.25, -0.2) is 0 Å². The van der Waals surface area contributed by atoms with E-state index < -0.39 is 0 Å². The Kier molecular flexibility index (Phi) is 4.56. The summed E-state index contributed by atoms with van der Waals surface area (Å²) in [5.41, 5.74) is 0. The predicted molar refractivity (Wildman–Crippen MR) is 79.3 cm³/mol. The third-order valence-corrected chi connectivity index (χ3v) is 4.13. The van der Waals surface area contributed by atoms with Gasteiger partial charge in [-0.1, -0.05) is 11.3 Å². The molecule has 20 heavy (non-hydrogen) atoms. The van der Waals surface area contributed by atoms with Crippen molar-refractivity contribution in [2.24, 2.45) is 7.05 Å². The fraction of sp³-hybridized carbons (Fsp3) is 0.583. The molecule has 0 aliphatic rings. The van der Waals surface area contributed by atoms with E-state index in [1.165, 1.54) is 0 Å². The van der Waals surface area contributed by atoms with E-state index in [0.29, 0.717) is 12.4 Å². The Morgan fingerprint density at radius 2 is 2.25 bits per heavy atom. The number of rotatable bonds is 6. The molecule has 0 aliphatic heterocycles. The maximum atomic E-state index is 5.32. The van der Waals surface area contributed by atoms with Gasteiger partial charge in [0.2, 0.25) is 5.88 Å². The van der Waals surface area contributed by atoms with Crippen molar-refractivity contribution in [3.05, 3.63) is 17.0 Å². The van der Waals surface area contributed by atoms with Crippen LogP contribution in [0.3, 0.4) is 0 Å². The van der Waals surface area contributed by atoms with Crippen LogP contribution in [-0.2, 0) is 13.6 Å². The van der Waals surface area contributed by atoms with Crippen molar-refractivity contribution in [2.75, 3.05) is 26.1 Å². The normalized spacial score (nSPS) is 12.4. The van der Waals surface area contributed by atoms with Crippen molar-refractivity contribution in [3.8, 4) is 5.88 Å². The van der Waals surface area contributed by atoms with Crippen molar-refractivity contribution in [1.82, 2.24) is 25.1 Å². The number of ether oxygens (including phenoxy) is 1. The Morgan fingerprint density at radius 1 is 1.50 bits per heavy atom. The Morgan fingerprint density at radius 3 is 2.80 bits per heavy atom. The van der Waals surface area contributed by atoms with Gasteiger partial charge in [0.25, 0.3) is 0 Å². The highest BCUT2D eigenvalue weighted by atomic mass is 32.1. The fourth-order valence-electron chi connectivity index (χ4n) is 1.81. The molecule has 2 heterocycles. The molecule has 2 aromatic heterocycles. The molecule has 2 aromatic rings. The topological polar surface area (TPSA) is 68.1 Å². The Labute approximate surface area is 122 Å². The van der Waals surface area contributed by atoms with Crippen molar-refractivity contribution in [1.29, 1.82) is 0 Å². The number of hydrogen-bond donors (Lipinski definition) is 1. The lowest BCUT2D eigenvalue weighted by atomic mass is 10.3. The van der Waals surface area contributed by atoms with E-state index in [-0.39, 0.29) is 6.04 Å². The second-order valence-electron chi connectivity index (χ2n) is 4.73. The zero-order chi connectivity index (χ0) is 14.7. The molecule has 0 spiro atoms. The van der Waals surface area contributed by atoms with E-state index in [9.17, 15) is 0 Å². The number of methoxy groups -OCH3 is 1. The van der Waals surface area contributed by atoms with Crippen molar-refractivity contribution < 1.29 is 4.74 Å². The van der Waals surface area contributed by atoms with Crippen LogP contribution in [0.15, 0.2) is 6.33 Å². The molecule has 0 bridgehead atoms. The second-order valence-corrected chi connectivity index (χ2v) is 5.79. The number of thiazole rings is 1. The summed E-state index contributed by atoms with van der Waals surface area (Å²) < 4.78 is 7.23. The highest BCUT2D eigenvalue weighted by molar-refractivity contribution is 7.15. The first kappa shape index (κ1) is 14.7. The minimum absolute atomic E-state index is 0.108. The first-order chi connectivity index (χ1) is 9.52. The molecule has 0 amide bonds. The predicted octanol–water partition coefficient (Wildman–Crippen LogP) is 1.20. The van der Waals surface area contributed by atoms with E-state index in [0.717, 1.165) is 15.8 Å². The molecule has 1 N–H and O–H groups in total. The summed E-state index contributed by atoms with van der Waals surface area (Å²) in [4.78, 5) is 7.48. The summed E-state index contributed by atoms with van der Waals surface area (Å²) >= 11 is 1.62. The van der Waals surface area contributed by atoms with Crippen LogP contribution in [0.2, 0.25) is 0 Å². The summed E-state index contributed by atoms with van der Waals surface area (Å²) in [5.74, 6) is 1.58. The zero-order valence-electron chi connectivity index (χ0n) is 12.4. The van der Waals surface area contributed by atoms with Crippen molar-refractivity contribution >= 4 is 16.5 Å². The van der Waals surface area contributed by atoms with E-state index in [4.69, 9.17) is 4.74 Å². The molecule has 2 rings (SSSR count). The van der Waals surface area contributed by atoms with Crippen LogP contribution in [0.1, 0.15) is 23.7 Å². The van der Waals surface area contributed by atoms with Crippen LogP contribution in [0.5, 0.6) is 5.88 Å². The quantitative estimate of drug-likeness (QED) is 0.864. The zero-order valence-corrected chi connectivity index (χ0v) is 13.2. The minimum atomic E-state index is 0.108. The smallest absolute Gasteiger partial charge is 0.230 e. The van der Waals surface area contributed by atoms with Crippen LogP contribution in [0.4, 0.5) is 5.13 Å². The van der Waals surface area contributed by atoms with Crippen molar-refractivity contribution in [3.63, 3.8) is 0 Å². The number of nitrogens with zero attached hydrogens (tertiary/aromatic N) is 5. The Hall–Kier alpha value is -1.67. The van der Waals surface area contributed by atoms with Crippen LogP contribution < -0.4 is 15.0 Å². The first-order valence-corrected chi connectivity index (χ1v) is 7.12. The van der Waals surface area contributed by atoms with Gasteiger partial charge in [-0.15, -0.1) is 10.2 Å². The molecule has 0 radical (unpaired) electrons. The summed E-state index contributed by atoms with van der Waals surface area (Å²) in [7, 11) is 7.52. The minimum Gasteiger partial charge on any atom is -0.480 e. The summed E-state index contributed by atoms with van der Waals surface area (Å²) in [5, 5.41) is 12.3. The Bertz CT molecular complexity index is 564. The highest BCUT2D eigenvalue weighted by Crippen LogP contribution is 2.30. The first-order valence-electron chi connectivity index (χ1n) is 6.31. The average molecular weight is 296 g/mol. The van der Waals surface area contributed by atoms with E-state index >= 15 is 0 Å². The molecule has 0 aromatic carbocycles.